The Kier molecular flexibility index (Phi) is 4.25. The first-order chi connectivity index (χ1) is 9.72. The first-order valence-electron chi connectivity index (χ1n) is 8.18. The molecule has 0 spiro atoms. The lowest BCUT2D eigenvalue weighted by Crippen LogP contribution is -2.32. The SMILES string of the molecule is CC1CCCC(CNC2CCCc3[nH]c(=O)ccc32)C1. The highest BCUT2D eigenvalue weighted by molar-refractivity contribution is 5.26. The Morgan fingerprint density at radius 3 is 3.00 bits per heavy atom. The molecular weight excluding hydrogens is 248 g/mol. The summed E-state index contributed by atoms with van der Waals surface area (Å²) in [6, 6.07) is 4.13. The maximum atomic E-state index is 11.4. The van der Waals surface area contributed by atoms with Crippen molar-refractivity contribution in [1.82, 2.24) is 10.3 Å². The molecule has 0 radical (unpaired) electrons. The molecule has 3 heteroatoms. The minimum atomic E-state index is 0.0329. The Morgan fingerprint density at radius 2 is 2.15 bits per heavy atom. The zero-order valence-corrected chi connectivity index (χ0v) is 12.5. The van der Waals surface area contributed by atoms with E-state index in [1.165, 1.54) is 44.1 Å². The second-order valence-electron chi connectivity index (χ2n) is 6.75. The van der Waals surface area contributed by atoms with Crippen LogP contribution in [0.15, 0.2) is 16.9 Å². The summed E-state index contributed by atoms with van der Waals surface area (Å²) in [7, 11) is 0. The third-order valence-electron chi connectivity index (χ3n) is 5.03. The van der Waals surface area contributed by atoms with Gasteiger partial charge in [0.15, 0.2) is 0 Å². The fourth-order valence-corrected chi connectivity index (χ4v) is 3.97. The van der Waals surface area contributed by atoms with E-state index in [1.54, 1.807) is 6.07 Å². The first kappa shape index (κ1) is 13.9. The summed E-state index contributed by atoms with van der Waals surface area (Å²) in [5.74, 6) is 1.73. The molecule has 110 valence electrons. The molecule has 3 nitrogen and oxygen atoms in total. The van der Waals surface area contributed by atoms with Crippen molar-refractivity contribution in [3.8, 4) is 0 Å². The zero-order valence-electron chi connectivity index (χ0n) is 12.5. The summed E-state index contributed by atoms with van der Waals surface area (Å²) in [6.45, 7) is 3.51. The van der Waals surface area contributed by atoms with E-state index in [2.05, 4.69) is 17.2 Å². The largest absolute Gasteiger partial charge is 0.326 e. The topological polar surface area (TPSA) is 44.9 Å². The van der Waals surface area contributed by atoms with Crippen molar-refractivity contribution in [2.45, 2.75) is 57.9 Å². The van der Waals surface area contributed by atoms with E-state index in [9.17, 15) is 4.79 Å². The van der Waals surface area contributed by atoms with Gasteiger partial charge in [-0.2, -0.15) is 0 Å². The number of aromatic nitrogens is 1. The quantitative estimate of drug-likeness (QED) is 0.889. The minimum Gasteiger partial charge on any atom is -0.326 e. The molecule has 3 unspecified atom stereocenters. The van der Waals surface area contributed by atoms with Gasteiger partial charge < -0.3 is 10.3 Å². The van der Waals surface area contributed by atoms with Crippen LogP contribution >= 0.6 is 0 Å². The number of hydrogen-bond donors (Lipinski definition) is 2. The van der Waals surface area contributed by atoms with Gasteiger partial charge in [0.2, 0.25) is 5.56 Å². The number of aromatic amines is 1. The summed E-state index contributed by atoms with van der Waals surface area (Å²) < 4.78 is 0. The lowest BCUT2D eigenvalue weighted by molar-refractivity contribution is 0.263. The Morgan fingerprint density at radius 1 is 1.25 bits per heavy atom. The van der Waals surface area contributed by atoms with Gasteiger partial charge >= 0.3 is 0 Å². The zero-order chi connectivity index (χ0) is 13.9. The van der Waals surface area contributed by atoms with E-state index in [-0.39, 0.29) is 5.56 Å². The van der Waals surface area contributed by atoms with Gasteiger partial charge in [-0.15, -0.1) is 0 Å². The van der Waals surface area contributed by atoms with Crippen LogP contribution in [0, 0.1) is 11.8 Å². The molecule has 3 atom stereocenters. The van der Waals surface area contributed by atoms with Crippen molar-refractivity contribution in [3.63, 3.8) is 0 Å². The predicted octanol–water partition coefficient (Wildman–Crippen LogP) is 3.17. The van der Waals surface area contributed by atoms with Gasteiger partial charge in [0.05, 0.1) is 0 Å². The van der Waals surface area contributed by atoms with Gasteiger partial charge in [-0.25, -0.2) is 0 Å². The highest BCUT2D eigenvalue weighted by atomic mass is 16.1. The second kappa shape index (κ2) is 6.13. The van der Waals surface area contributed by atoms with Gasteiger partial charge in [-0.1, -0.05) is 25.8 Å². The number of rotatable bonds is 3. The number of H-pyrrole nitrogens is 1. The number of fused-ring (bicyclic) bond motifs is 1. The van der Waals surface area contributed by atoms with Crippen LogP contribution in [-0.2, 0) is 6.42 Å². The number of nitrogens with one attached hydrogen (secondary N) is 2. The van der Waals surface area contributed by atoms with Gasteiger partial charge in [0.1, 0.15) is 0 Å². The van der Waals surface area contributed by atoms with Crippen LogP contribution in [0.1, 0.15) is 62.7 Å². The summed E-state index contributed by atoms with van der Waals surface area (Å²) >= 11 is 0. The maximum Gasteiger partial charge on any atom is 0.248 e. The van der Waals surface area contributed by atoms with E-state index < -0.39 is 0 Å². The summed E-state index contributed by atoms with van der Waals surface area (Å²) in [5.41, 5.74) is 2.50. The molecule has 2 aliphatic carbocycles. The molecule has 1 aromatic heterocycles. The highest BCUT2D eigenvalue weighted by Crippen LogP contribution is 2.31. The van der Waals surface area contributed by atoms with Crippen molar-refractivity contribution in [1.29, 1.82) is 0 Å². The molecule has 0 aromatic carbocycles. The molecule has 0 amide bonds. The van der Waals surface area contributed by atoms with Gasteiger partial charge in [-0.05, 0) is 56.0 Å². The highest BCUT2D eigenvalue weighted by Gasteiger charge is 2.23. The van der Waals surface area contributed by atoms with Crippen LogP contribution in [0.4, 0.5) is 0 Å². The van der Waals surface area contributed by atoms with Crippen molar-refractivity contribution in [3.05, 3.63) is 33.7 Å². The van der Waals surface area contributed by atoms with Crippen molar-refractivity contribution in [2.24, 2.45) is 11.8 Å². The van der Waals surface area contributed by atoms with Crippen LogP contribution in [0.3, 0.4) is 0 Å². The van der Waals surface area contributed by atoms with Gasteiger partial charge in [-0.3, -0.25) is 4.79 Å². The second-order valence-corrected chi connectivity index (χ2v) is 6.75. The molecule has 1 aromatic rings. The third-order valence-corrected chi connectivity index (χ3v) is 5.03. The van der Waals surface area contributed by atoms with Crippen LogP contribution in [0.5, 0.6) is 0 Å². The molecule has 3 rings (SSSR count). The smallest absolute Gasteiger partial charge is 0.248 e. The average molecular weight is 274 g/mol. The maximum absolute atomic E-state index is 11.4. The van der Waals surface area contributed by atoms with E-state index in [0.717, 1.165) is 30.5 Å². The lowest BCUT2D eigenvalue weighted by atomic mass is 9.82. The standard InChI is InChI=1S/C17H26N2O/c1-12-4-2-5-13(10-12)11-18-15-6-3-7-16-14(15)8-9-17(20)19-16/h8-9,12-13,15,18H,2-7,10-11H2,1H3,(H,19,20). The average Bonchev–Trinajstić information content (AvgIpc) is 2.44. The van der Waals surface area contributed by atoms with E-state index in [0.29, 0.717) is 6.04 Å². The molecule has 0 saturated heterocycles. The molecule has 0 bridgehead atoms. The van der Waals surface area contributed by atoms with Gasteiger partial charge in [0, 0.05) is 17.8 Å². The fourth-order valence-electron chi connectivity index (χ4n) is 3.97. The van der Waals surface area contributed by atoms with Crippen LogP contribution in [-0.4, -0.2) is 11.5 Å². The Bertz CT molecular complexity index is 508. The van der Waals surface area contributed by atoms with Crippen molar-refractivity contribution < 1.29 is 0 Å². The molecule has 1 saturated carbocycles. The molecule has 0 aliphatic heterocycles. The number of aryl methyl sites for hydroxylation is 1. The summed E-state index contributed by atoms with van der Waals surface area (Å²) in [6.07, 6.45) is 8.93. The summed E-state index contributed by atoms with van der Waals surface area (Å²) in [5, 5.41) is 3.77. The molecular formula is C17H26N2O. The van der Waals surface area contributed by atoms with Crippen molar-refractivity contribution in [2.75, 3.05) is 6.54 Å². The predicted molar refractivity (Wildman–Crippen MR) is 81.9 cm³/mol. The van der Waals surface area contributed by atoms with Crippen molar-refractivity contribution >= 4 is 0 Å². The molecule has 2 N–H and O–H groups in total. The van der Waals surface area contributed by atoms with Crippen LogP contribution in [0.2, 0.25) is 0 Å². The summed E-state index contributed by atoms with van der Waals surface area (Å²) in [4.78, 5) is 14.4. The molecule has 1 heterocycles. The van der Waals surface area contributed by atoms with E-state index in [1.807, 2.05) is 6.07 Å². The fraction of sp³-hybridized carbons (Fsp3) is 0.706. The number of hydrogen-bond acceptors (Lipinski definition) is 2. The molecule has 20 heavy (non-hydrogen) atoms. The first-order valence-corrected chi connectivity index (χ1v) is 8.18. The molecule has 2 aliphatic rings. The van der Waals surface area contributed by atoms with E-state index >= 15 is 0 Å². The Hall–Kier alpha value is -1.09. The number of pyridine rings is 1. The third kappa shape index (κ3) is 3.14. The van der Waals surface area contributed by atoms with Gasteiger partial charge in [0.25, 0.3) is 0 Å². The van der Waals surface area contributed by atoms with Crippen LogP contribution in [0.25, 0.3) is 0 Å². The van der Waals surface area contributed by atoms with E-state index in [4.69, 9.17) is 0 Å². The Balaban J connectivity index is 1.63. The normalized spacial score (nSPS) is 29.9. The lowest BCUT2D eigenvalue weighted by Gasteiger charge is -2.31. The molecule has 1 fully saturated rings. The monoisotopic (exact) mass is 274 g/mol. The minimum absolute atomic E-state index is 0.0329. The van der Waals surface area contributed by atoms with Crippen LogP contribution < -0.4 is 10.9 Å². The Labute approximate surface area is 121 Å².